The van der Waals surface area contributed by atoms with E-state index in [1.807, 2.05) is 63.2 Å². The van der Waals surface area contributed by atoms with E-state index in [1.165, 1.54) is 6.20 Å². The van der Waals surface area contributed by atoms with Crippen LogP contribution in [0.3, 0.4) is 0 Å². The molecule has 0 aliphatic carbocycles. The van der Waals surface area contributed by atoms with Crippen LogP contribution in [0.5, 0.6) is 0 Å². The lowest BCUT2D eigenvalue weighted by molar-refractivity contribution is -0.113. The zero-order chi connectivity index (χ0) is 18.7. The Bertz CT molecular complexity index is 735. The number of para-hydroxylation sites is 1. The number of ketones is 1. The highest BCUT2D eigenvalue weighted by Gasteiger charge is 2.15. The van der Waals surface area contributed by atoms with E-state index in [2.05, 4.69) is 10.6 Å². The molecule has 5 nitrogen and oxygen atoms in total. The van der Waals surface area contributed by atoms with Crippen LogP contribution in [0.4, 0.5) is 11.4 Å². The van der Waals surface area contributed by atoms with Crippen molar-refractivity contribution in [3.63, 3.8) is 0 Å². The molecule has 3 N–H and O–H groups in total. The van der Waals surface area contributed by atoms with Crippen molar-refractivity contribution >= 4 is 28.8 Å². The van der Waals surface area contributed by atoms with Gasteiger partial charge in [-0.05, 0) is 31.2 Å². The van der Waals surface area contributed by atoms with Gasteiger partial charge in [0, 0.05) is 23.7 Å². The van der Waals surface area contributed by atoms with Gasteiger partial charge >= 0.3 is 0 Å². The number of amides is 1. The van der Waals surface area contributed by atoms with Crippen molar-refractivity contribution in [3.05, 3.63) is 72.4 Å². The van der Waals surface area contributed by atoms with Gasteiger partial charge in [-0.25, -0.2) is 0 Å². The van der Waals surface area contributed by atoms with Crippen LogP contribution >= 0.6 is 0 Å². The number of allylic oxidation sites excluding steroid dienone is 1. The number of carbonyl (C=O) groups is 2. The van der Waals surface area contributed by atoms with Gasteiger partial charge in [0.15, 0.2) is 5.71 Å². The molecular weight excluding hydrogens is 314 g/mol. The Labute approximate surface area is 148 Å². The Morgan fingerprint density at radius 1 is 0.920 bits per heavy atom. The van der Waals surface area contributed by atoms with E-state index in [0.717, 1.165) is 17.3 Å². The largest absolute Gasteiger partial charge is 0.362 e. The SMILES string of the molecule is CC.Cc1ccc(NC(=O)C(=N)C(=O)/C=C\Nc2ccccc2)cc1. The highest BCUT2D eigenvalue weighted by molar-refractivity contribution is 6.68. The van der Waals surface area contributed by atoms with Crippen molar-refractivity contribution < 1.29 is 9.59 Å². The summed E-state index contributed by atoms with van der Waals surface area (Å²) in [4.78, 5) is 23.7. The topological polar surface area (TPSA) is 82.1 Å². The summed E-state index contributed by atoms with van der Waals surface area (Å²) in [6.07, 6.45) is 2.56. The predicted molar refractivity (Wildman–Crippen MR) is 103 cm³/mol. The summed E-state index contributed by atoms with van der Waals surface area (Å²) in [5.41, 5.74) is 1.80. The van der Waals surface area contributed by atoms with E-state index in [4.69, 9.17) is 5.41 Å². The standard InChI is InChI=1S/C18H17N3O2.C2H6/c1-13-7-9-15(10-8-13)21-18(23)17(19)16(22)11-12-20-14-5-3-2-4-6-14;1-2/h2-12,19-20H,1H3,(H,21,23);1-2H3/b12-11-,19-17?;. The zero-order valence-corrected chi connectivity index (χ0v) is 14.7. The molecule has 130 valence electrons. The van der Waals surface area contributed by atoms with Crippen LogP contribution in [0.1, 0.15) is 19.4 Å². The van der Waals surface area contributed by atoms with Gasteiger partial charge in [0.05, 0.1) is 0 Å². The van der Waals surface area contributed by atoms with Gasteiger partial charge in [-0.1, -0.05) is 49.7 Å². The Kier molecular flexibility index (Phi) is 8.37. The molecule has 2 rings (SSSR count). The van der Waals surface area contributed by atoms with Crippen LogP contribution in [-0.4, -0.2) is 17.4 Å². The van der Waals surface area contributed by atoms with Gasteiger partial charge in [-0.15, -0.1) is 0 Å². The fraction of sp³-hybridized carbons (Fsp3) is 0.150. The van der Waals surface area contributed by atoms with E-state index in [1.54, 1.807) is 12.1 Å². The first kappa shape index (κ1) is 19.8. The van der Waals surface area contributed by atoms with Crippen LogP contribution in [-0.2, 0) is 9.59 Å². The van der Waals surface area contributed by atoms with Crippen LogP contribution in [0.2, 0.25) is 0 Å². The first-order valence-electron chi connectivity index (χ1n) is 8.05. The molecule has 0 fully saturated rings. The summed E-state index contributed by atoms with van der Waals surface area (Å²) in [7, 11) is 0. The first-order valence-corrected chi connectivity index (χ1v) is 8.05. The lowest BCUT2D eigenvalue weighted by Gasteiger charge is -2.05. The van der Waals surface area contributed by atoms with Gasteiger partial charge in [0.2, 0.25) is 5.78 Å². The summed E-state index contributed by atoms with van der Waals surface area (Å²) < 4.78 is 0. The second kappa shape index (κ2) is 10.5. The maximum atomic E-state index is 11.9. The first-order chi connectivity index (χ1) is 12.1. The van der Waals surface area contributed by atoms with Crippen molar-refractivity contribution in [2.24, 2.45) is 0 Å². The monoisotopic (exact) mass is 337 g/mol. The highest BCUT2D eigenvalue weighted by Crippen LogP contribution is 2.08. The number of anilines is 2. The summed E-state index contributed by atoms with van der Waals surface area (Å²) in [5, 5.41) is 13.0. The molecule has 0 heterocycles. The third kappa shape index (κ3) is 6.83. The number of hydrogen-bond donors (Lipinski definition) is 3. The minimum Gasteiger partial charge on any atom is -0.362 e. The van der Waals surface area contributed by atoms with E-state index in [9.17, 15) is 9.59 Å². The minimum atomic E-state index is -0.733. The molecule has 0 radical (unpaired) electrons. The summed E-state index contributed by atoms with van der Waals surface area (Å²) in [6, 6.07) is 16.4. The molecule has 0 aliphatic heterocycles. The molecule has 0 atom stereocenters. The van der Waals surface area contributed by atoms with Crippen LogP contribution in [0, 0.1) is 12.3 Å². The summed E-state index contributed by atoms with van der Waals surface area (Å²) in [6.45, 7) is 5.93. The molecule has 0 saturated carbocycles. The molecule has 0 unspecified atom stereocenters. The molecule has 0 aliphatic rings. The molecule has 0 bridgehead atoms. The maximum Gasteiger partial charge on any atom is 0.277 e. The van der Waals surface area contributed by atoms with Crippen LogP contribution < -0.4 is 10.6 Å². The lowest BCUT2D eigenvalue weighted by atomic mass is 10.2. The molecule has 1 amide bonds. The van der Waals surface area contributed by atoms with Gasteiger partial charge in [-0.3, -0.25) is 15.0 Å². The normalized spacial score (nSPS) is 9.72. The highest BCUT2D eigenvalue weighted by atomic mass is 16.2. The number of rotatable bonds is 6. The number of hydrogen-bond acceptors (Lipinski definition) is 4. The minimum absolute atomic E-state index is 0.546. The molecule has 0 aromatic heterocycles. The number of nitrogens with one attached hydrogen (secondary N) is 3. The van der Waals surface area contributed by atoms with E-state index < -0.39 is 17.4 Å². The quantitative estimate of drug-likeness (QED) is 0.420. The van der Waals surface area contributed by atoms with E-state index >= 15 is 0 Å². The molecule has 2 aromatic rings. The zero-order valence-electron chi connectivity index (χ0n) is 14.7. The van der Waals surface area contributed by atoms with Gasteiger partial charge in [0.25, 0.3) is 5.91 Å². The average molecular weight is 337 g/mol. The average Bonchev–Trinajstić information content (AvgIpc) is 2.65. The molecule has 2 aromatic carbocycles. The van der Waals surface area contributed by atoms with Gasteiger partial charge in [0.1, 0.15) is 0 Å². The second-order valence-corrected chi connectivity index (χ2v) is 4.90. The molecule has 0 saturated heterocycles. The van der Waals surface area contributed by atoms with Gasteiger partial charge < -0.3 is 10.6 Å². The Balaban J connectivity index is 0.00000151. The third-order valence-electron chi connectivity index (χ3n) is 3.04. The predicted octanol–water partition coefficient (Wildman–Crippen LogP) is 4.17. The smallest absolute Gasteiger partial charge is 0.277 e. The van der Waals surface area contributed by atoms with Crippen LogP contribution in [0.15, 0.2) is 66.9 Å². The fourth-order valence-corrected chi connectivity index (χ4v) is 1.77. The lowest BCUT2D eigenvalue weighted by Crippen LogP contribution is -2.28. The summed E-state index contributed by atoms with van der Waals surface area (Å²) >= 11 is 0. The number of aryl methyl sites for hydroxylation is 1. The Morgan fingerprint density at radius 2 is 1.52 bits per heavy atom. The summed E-state index contributed by atoms with van der Waals surface area (Å²) in [5.74, 6) is -1.40. The molecule has 5 heteroatoms. The van der Waals surface area contributed by atoms with Crippen molar-refractivity contribution in [1.29, 1.82) is 5.41 Å². The molecule has 0 spiro atoms. The van der Waals surface area contributed by atoms with E-state index in [-0.39, 0.29) is 0 Å². The van der Waals surface area contributed by atoms with Crippen molar-refractivity contribution in [2.75, 3.05) is 10.6 Å². The number of carbonyl (C=O) groups excluding carboxylic acids is 2. The van der Waals surface area contributed by atoms with Crippen molar-refractivity contribution in [2.45, 2.75) is 20.8 Å². The Hall–Kier alpha value is -3.21. The van der Waals surface area contributed by atoms with Crippen molar-refractivity contribution in [1.82, 2.24) is 0 Å². The van der Waals surface area contributed by atoms with Crippen molar-refractivity contribution in [3.8, 4) is 0 Å². The Morgan fingerprint density at radius 3 is 2.12 bits per heavy atom. The molecule has 25 heavy (non-hydrogen) atoms. The third-order valence-corrected chi connectivity index (χ3v) is 3.04. The van der Waals surface area contributed by atoms with Gasteiger partial charge in [-0.2, -0.15) is 0 Å². The van der Waals surface area contributed by atoms with E-state index in [0.29, 0.717) is 5.69 Å². The number of benzene rings is 2. The second-order valence-electron chi connectivity index (χ2n) is 4.90. The fourth-order valence-electron chi connectivity index (χ4n) is 1.77. The maximum absolute atomic E-state index is 11.9. The molecular formula is C20H23N3O2. The van der Waals surface area contributed by atoms with Crippen LogP contribution in [0.25, 0.3) is 0 Å².